The molecule has 2 atom stereocenters. The number of carbonyl (C=O) groups excluding carboxylic acids is 2. The summed E-state index contributed by atoms with van der Waals surface area (Å²) in [6, 6.07) is 5.96. The number of rotatable bonds is 5. The van der Waals surface area contributed by atoms with E-state index in [0.717, 1.165) is 41.3 Å². The highest BCUT2D eigenvalue weighted by molar-refractivity contribution is 5.81. The maximum absolute atomic E-state index is 11.9. The third-order valence-corrected chi connectivity index (χ3v) is 4.07. The molecule has 0 saturated carbocycles. The number of amides is 2. The molecule has 0 aromatic heterocycles. The first kappa shape index (κ1) is 17.1. The molecule has 1 saturated heterocycles. The van der Waals surface area contributed by atoms with E-state index in [0.29, 0.717) is 6.54 Å². The van der Waals surface area contributed by atoms with E-state index in [1.54, 1.807) is 14.2 Å². The summed E-state index contributed by atoms with van der Waals surface area (Å²) in [6.07, 6.45) is 2.04. The molecule has 1 aliphatic heterocycles. The first-order chi connectivity index (χ1) is 11.0. The fourth-order valence-electron chi connectivity index (χ4n) is 3.01. The smallest absolute Gasteiger partial charge is 0.293 e. The number of likely N-dealkylation sites (tertiary alicyclic amines) is 1. The van der Waals surface area contributed by atoms with Crippen LogP contribution in [0.15, 0.2) is 18.2 Å². The highest BCUT2D eigenvalue weighted by atomic mass is 16.5. The Bertz CT molecular complexity index is 576. The molecule has 1 heterocycles. The first-order valence-electron chi connectivity index (χ1n) is 7.67. The lowest BCUT2D eigenvalue weighted by Crippen LogP contribution is -3.11. The number of carbonyl (C=O) groups is 2. The van der Waals surface area contributed by atoms with Gasteiger partial charge in [-0.15, -0.1) is 0 Å². The summed E-state index contributed by atoms with van der Waals surface area (Å²) in [6.45, 7) is 2.57. The Balaban J connectivity index is 2.09. The van der Waals surface area contributed by atoms with E-state index in [-0.39, 0.29) is 17.9 Å². The average molecular weight is 322 g/mol. The molecule has 0 bridgehead atoms. The monoisotopic (exact) mass is 322 g/mol. The Morgan fingerprint density at radius 2 is 2.04 bits per heavy atom. The quantitative estimate of drug-likeness (QED) is 0.644. The van der Waals surface area contributed by atoms with Gasteiger partial charge >= 0.3 is 0 Å². The highest BCUT2D eigenvalue weighted by Crippen LogP contribution is 2.31. The minimum Gasteiger partial charge on any atom is -0.497 e. The molecule has 1 aromatic rings. The maximum Gasteiger partial charge on any atom is 0.293 e. The molecule has 3 N–H and O–H groups in total. The maximum atomic E-state index is 11.9. The molecule has 2 rings (SSSR count). The Morgan fingerprint density at radius 1 is 1.26 bits per heavy atom. The van der Waals surface area contributed by atoms with Crippen molar-refractivity contribution in [2.24, 2.45) is 0 Å². The van der Waals surface area contributed by atoms with Crippen LogP contribution in [0.5, 0.6) is 11.5 Å². The number of quaternary nitrogens is 1. The number of hydrogen-bond acceptors (Lipinski definition) is 4. The number of hydrogen-bond donors (Lipinski definition) is 3. The molecule has 2 amide bonds. The zero-order valence-corrected chi connectivity index (χ0v) is 13.8. The average Bonchev–Trinajstić information content (AvgIpc) is 3.00. The van der Waals surface area contributed by atoms with Gasteiger partial charge < -0.3 is 14.4 Å². The van der Waals surface area contributed by atoms with Crippen LogP contribution in [0.3, 0.4) is 0 Å². The number of methoxy groups -OCH3 is 2. The molecule has 0 radical (unpaired) electrons. The fraction of sp³-hybridized carbons (Fsp3) is 0.500. The zero-order chi connectivity index (χ0) is 16.8. The number of nitrogens with one attached hydrogen (secondary N) is 3. The zero-order valence-electron chi connectivity index (χ0n) is 13.8. The van der Waals surface area contributed by atoms with E-state index in [1.807, 2.05) is 18.2 Å². The number of hydrazine groups is 1. The van der Waals surface area contributed by atoms with Gasteiger partial charge in [0.25, 0.3) is 5.91 Å². The predicted octanol–water partition coefficient (Wildman–Crippen LogP) is -0.409. The van der Waals surface area contributed by atoms with E-state index >= 15 is 0 Å². The van der Waals surface area contributed by atoms with Crippen LogP contribution < -0.4 is 25.2 Å². The lowest BCUT2D eigenvalue weighted by atomic mass is 10.0. The van der Waals surface area contributed by atoms with E-state index < -0.39 is 0 Å². The lowest BCUT2D eigenvalue weighted by Gasteiger charge is -2.23. The third-order valence-electron chi connectivity index (χ3n) is 4.07. The SMILES string of the molecule is COc1ccc([C@@H]2CCC[NH+]2CC(=O)NNC(C)=O)c(OC)c1. The lowest BCUT2D eigenvalue weighted by molar-refractivity contribution is -0.910. The van der Waals surface area contributed by atoms with Gasteiger partial charge in [-0.2, -0.15) is 0 Å². The van der Waals surface area contributed by atoms with Crippen molar-refractivity contribution in [3.63, 3.8) is 0 Å². The topological polar surface area (TPSA) is 81.1 Å². The molecular weight excluding hydrogens is 298 g/mol. The van der Waals surface area contributed by atoms with Gasteiger partial charge in [-0.05, 0) is 12.1 Å². The molecular formula is C16H24N3O4+. The van der Waals surface area contributed by atoms with Crippen LogP contribution in [0.2, 0.25) is 0 Å². The summed E-state index contributed by atoms with van der Waals surface area (Å²) in [5.41, 5.74) is 5.81. The summed E-state index contributed by atoms with van der Waals surface area (Å²) in [5, 5.41) is 0. The standard InChI is InChI=1S/C16H23N3O4/c1-11(20)17-18-16(21)10-19-8-4-5-14(19)13-7-6-12(22-2)9-15(13)23-3/h6-7,9,14H,4-5,8,10H2,1-3H3,(H,17,20)(H,18,21)/p+1/t14-/m0/s1. The van der Waals surface area contributed by atoms with Gasteiger partial charge in [-0.1, -0.05) is 0 Å². The van der Waals surface area contributed by atoms with Gasteiger partial charge in [0.15, 0.2) is 6.54 Å². The summed E-state index contributed by atoms with van der Waals surface area (Å²) in [4.78, 5) is 24.0. The van der Waals surface area contributed by atoms with Crippen molar-refractivity contribution >= 4 is 11.8 Å². The summed E-state index contributed by atoms with van der Waals surface area (Å²) < 4.78 is 10.7. The van der Waals surface area contributed by atoms with Crippen molar-refractivity contribution in [1.29, 1.82) is 0 Å². The van der Waals surface area contributed by atoms with E-state index in [4.69, 9.17) is 9.47 Å². The molecule has 0 aliphatic carbocycles. The van der Waals surface area contributed by atoms with Gasteiger partial charge in [0.2, 0.25) is 5.91 Å². The normalized spacial score (nSPS) is 20.0. The fourth-order valence-corrected chi connectivity index (χ4v) is 3.01. The van der Waals surface area contributed by atoms with Gasteiger partial charge in [-0.25, -0.2) is 0 Å². The van der Waals surface area contributed by atoms with Crippen molar-refractivity contribution in [2.75, 3.05) is 27.3 Å². The molecule has 126 valence electrons. The van der Waals surface area contributed by atoms with Crippen molar-refractivity contribution < 1.29 is 24.0 Å². The van der Waals surface area contributed by atoms with Gasteiger partial charge in [0.05, 0.1) is 26.3 Å². The second-order valence-electron chi connectivity index (χ2n) is 5.62. The van der Waals surface area contributed by atoms with Crippen LogP contribution in [0.4, 0.5) is 0 Å². The third kappa shape index (κ3) is 4.35. The van der Waals surface area contributed by atoms with Crippen molar-refractivity contribution in [2.45, 2.75) is 25.8 Å². The van der Waals surface area contributed by atoms with Crippen LogP contribution >= 0.6 is 0 Å². The van der Waals surface area contributed by atoms with Crippen LogP contribution in [0.25, 0.3) is 0 Å². The number of ether oxygens (including phenoxy) is 2. The van der Waals surface area contributed by atoms with Crippen LogP contribution in [0, 0.1) is 0 Å². The summed E-state index contributed by atoms with van der Waals surface area (Å²) >= 11 is 0. The minimum absolute atomic E-state index is 0.193. The van der Waals surface area contributed by atoms with E-state index in [1.165, 1.54) is 6.92 Å². The van der Waals surface area contributed by atoms with Gasteiger partial charge in [0, 0.05) is 25.8 Å². The Labute approximate surface area is 135 Å². The second-order valence-corrected chi connectivity index (χ2v) is 5.62. The Morgan fingerprint density at radius 3 is 2.70 bits per heavy atom. The minimum atomic E-state index is -0.289. The largest absolute Gasteiger partial charge is 0.497 e. The molecule has 1 unspecified atom stereocenters. The van der Waals surface area contributed by atoms with E-state index in [9.17, 15) is 9.59 Å². The van der Waals surface area contributed by atoms with Crippen LogP contribution in [-0.2, 0) is 9.59 Å². The molecule has 0 spiro atoms. The van der Waals surface area contributed by atoms with Gasteiger partial charge in [0.1, 0.15) is 17.5 Å². The molecule has 1 fully saturated rings. The van der Waals surface area contributed by atoms with Crippen molar-refractivity contribution in [3.8, 4) is 11.5 Å². The Hall–Kier alpha value is -2.28. The molecule has 1 aliphatic rings. The summed E-state index contributed by atoms with van der Waals surface area (Å²) in [5.74, 6) is 1.03. The molecule has 7 nitrogen and oxygen atoms in total. The Kier molecular flexibility index (Phi) is 5.81. The molecule has 1 aromatic carbocycles. The van der Waals surface area contributed by atoms with Crippen molar-refractivity contribution in [3.05, 3.63) is 23.8 Å². The van der Waals surface area contributed by atoms with Crippen LogP contribution in [0.1, 0.15) is 31.4 Å². The van der Waals surface area contributed by atoms with Crippen molar-refractivity contribution in [1.82, 2.24) is 10.9 Å². The molecule has 7 heteroatoms. The number of benzene rings is 1. The van der Waals surface area contributed by atoms with Gasteiger partial charge in [-0.3, -0.25) is 20.4 Å². The molecule has 23 heavy (non-hydrogen) atoms. The highest BCUT2D eigenvalue weighted by Gasteiger charge is 2.33. The predicted molar refractivity (Wildman–Crippen MR) is 84.2 cm³/mol. The second kappa shape index (κ2) is 7.82. The first-order valence-corrected chi connectivity index (χ1v) is 7.67. The van der Waals surface area contributed by atoms with E-state index in [2.05, 4.69) is 10.9 Å². The summed E-state index contributed by atoms with van der Waals surface area (Å²) in [7, 11) is 3.25. The van der Waals surface area contributed by atoms with Crippen LogP contribution in [-0.4, -0.2) is 39.1 Å².